The largest absolute Gasteiger partial charge is 0.710 e. The second-order valence-electron chi connectivity index (χ2n) is 5.73. The molecular weight excluding hydrogens is 312 g/mol. The Bertz CT molecular complexity index is 932. The van der Waals surface area contributed by atoms with Crippen LogP contribution in [0.15, 0.2) is 91.0 Å². The normalized spacial score (nSPS) is 10.7. The van der Waals surface area contributed by atoms with E-state index in [1.165, 1.54) is 0 Å². The average molecular weight is 328 g/mol. The fourth-order valence-corrected chi connectivity index (χ4v) is 3.03. The van der Waals surface area contributed by atoms with Crippen LogP contribution in [0.4, 0.5) is 0 Å². The lowest BCUT2D eigenvalue weighted by Gasteiger charge is -2.06. The highest BCUT2D eigenvalue weighted by molar-refractivity contribution is 5.78. The van der Waals surface area contributed by atoms with E-state index in [1.807, 2.05) is 78.9 Å². The molecule has 1 heterocycles. The van der Waals surface area contributed by atoms with E-state index in [0.29, 0.717) is 17.0 Å². The van der Waals surface area contributed by atoms with Gasteiger partial charge in [-0.3, -0.25) is 0 Å². The Kier molecular flexibility index (Phi) is 3.71. The van der Waals surface area contributed by atoms with Crippen molar-refractivity contribution in [1.82, 2.24) is 4.73 Å². The number of rotatable bonds is 3. The molecule has 0 spiro atoms. The zero-order chi connectivity index (χ0) is 17.2. The maximum Gasteiger partial charge on any atom is 0.332 e. The second-order valence-corrected chi connectivity index (χ2v) is 5.73. The van der Waals surface area contributed by atoms with Gasteiger partial charge in [-0.2, -0.15) is 0 Å². The van der Waals surface area contributed by atoms with Crippen LogP contribution in [0, 0.1) is 5.21 Å². The molecule has 4 rings (SSSR count). The van der Waals surface area contributed by atoms with E-state index in [1.54, 1.807) is 12.1 Å². The van der Waals surface area contributed by atoms with Gasteiger partial charge < -0.3 is 10.4 Å². The van der Waals surface area contributed by atoms with Crippen LogP contribution in [0.1, 0.15) is 0 Å². The molecule has 0 saturated carbocycles. The number of hydrogen-bond acceptors (Lipinski definition) is 2. The lowest BCUT2D eigenvalue weighted by Crippen LogP contribution is -2.30. The fraction of sp³-hybridized carbons (Fsp3) is 0. The summed E-state index contributed by atoms with van der Waals surface area (Å²) in [6.07, 6.45) is 0. The predicted molar refractivity (Wildman–Crippen MR) is 96.9 cm³/mol. The molecule has 0 fully saturated rings. The summed E-state index contributed by atoms with van der Waals surface area (Å²) in [5.41, 5.74) is 3.07. The lowest BCUT2D eigenvalue weighted by atomic mass is 10.1. The van der Waals surface area contributed by atoms with Crippen molar-refractivity contribution in [3.8, 4) is 33.9 Å². The fourth-order valence-electron chi connectivity index (χ4n) is 3.03. The van der Waals surface area contributed by atoms with E-state index >= 15 is 0 Å². The van der Waals surface area contributed by atoms with Crippen LogP contribution >= 0.6 is 0 Å². The van der Waals surface area contributed by atoms with Gasteiger partial charge in [0.15, 0.2) is 5.69 Å². The summed E-state index contributed by atoms with van der Waals surface area (Å²) in [4.78, 5) is 0. The van der Waals surface area contributed by atoms with E-state index in [9.17, 15) is 10.4 Å². The molecule has 3 aromatic carbocycles. The van der Waals surface area contributed by atoms with E-state index in [4.69, 9.17) is 0 Å². The molecule has 1 N–H and O–H groups in total. The van der Waals surface area contributed by atoms with Crippen molar-refractivity contribution in [2.45, 2.75) is 0 Å². The zero-order valence-corrected chi connectivity index (χ0v) is 13.4. The average Bonchev–Trinajstić information content (AvgIpc) is 2.94. The highest BCUT2D eigenvalue weighted by Crippen LogP contribution is 2.33. The summed E-state index contributed by atoms with van der Waals surface area (Å²) in [7, 11) is 0. The topological polar surface area (TPSA) is 52.1 Å². The highest BCUT2D eigenvalue weighted by Gasteiger charge is 2.30. The summed E-state index contributed by atoms with van der Waals surface area (Å²) in [6.45, 7) is 0. The molecule has 0 bridgehead atoms. The van der Waals surface area contributed by atoms with Crippen LogP contribution in [0.25, 0.3) is 33.9 Å². The Balaban J connectivity index is 2.06. The van der Waals surface area contributed by atoms with Crippen LogP contribution in [-0.4, -0.2) is 9.94 Å². The number of benzene rings is 3. The van der Waals surface area contributed by atoms with Gasteiger partial charge in [0.1, 0.15) is 0 Å². The molecule has 0 amide bonds. The third-order valence-corrected chi connectivity index (χ3v) is 4.16. The minimum atomic E-state index is 0.193. The molecule has 4 aromatic rings. The monoisotopic (exact) mass is 328 g/mol. The smallest absolute Gasteiger partial charge is 0.332 e. The van der Waals surface area contributed by atoms with E-state index in [-0.39, 0.29) is 5.82 Å². The minimum Gasteiger partial charge on any atom is -0.710 e. The van der Waals surface area contributed by atoms with Crippen LogP contribution in [0.3, 0.4) is 0 Å². The van der Waals surface area contributed by atoms with Crippen LogP contribution in [-0.2, 0) is 0 Å². The Hall–Kier alpha value is -3.53. The highest BCUT2D eigenvalue weighted by atomic mass is 16.5. The molecule has 25 heavy (non-hydrogen) atoms. The van der Waals surface area contributed by atoms with Gasteiger partial charge in [-0.05, 0) is 16.9 Å². The van der Waals surface area contributed by atoms with Crippen LogP contribution in [0.5, 0.6) is 0 Å². The van der Waals surface area contributed by atoms with Crippen molar-refractivity contribution in [2.24, 2.45) is 0 Å². The van der Waals surface area contributed by atoms with Gasteiger partial charge in [0.2, 0.25) is 5.69 Å². The van der Waals surface area contributed by atoms with Crippen molar-refractivity contribution < 1.29 is 9.94 Å². The van der Waals surface area contributed by atoms with Gasteiger partial charge in [0.25, 0.3) is 0 Å². The van der Waals surface area contributed by atoms with Gasteiger partial charge in [0, 0.05) is 11.1 Å². The van der Waals surface area contributed by atoms with Crippen LogP contribution in [0.2, 0.25) is 0 Å². The standard InChI is InChI=1S/C21H16N2O2/c24-22-19(16-10-4-1-5-11-16)20(17-12-6-2-7-13-17)23(25)21(22)18-14-8-3-9-15-18/h1-15,24H. The molecule has 4 heteroatoms. The molecule has 0 saturated heterocycles. The summed E-state index contributed by atoms with van der Waals surface area (Å²) in [6, 6.07) is 28.0. The Morgan fingerprint density at radius 2 is 1.08 bits per heavy atom. The van der Waals surface area contributed by atoms with Gasteiger partial charge >= 0.3 is 5.82 Å². The first-order chi connectivity index (χ1) is 12.3. The Labute approximate surface area is 145 Å². The molecule has 0 aliphatic carbocycles. The second kappa shape index (κ2) is 6.17. The third-order valence-electron chi connectivity index (χ3n) is 4.16. The quantitative estimate of drug-likeness (QED) is 0.345. The molecule has 4 nitrogen and oxygen atoms in total. The first-order valence-electron chi connectivity index (χ1n) is 8.01. The Morgan fingerprint density at radius 3 is 1.60 bits per heavy atom. The van der Waals surface area contributed by atoms with Gasteiger partial charge in [0.05, 0.1) is 5.56 Å². The minimum absolute atomic E-state index is 0.193. The molecule has 1 aromatic heterocycles. The predicted octanol–water partition coefficient (Wildman–Crippen LogP) is 4.36. The molecule has 0 atom stereocenters. The summed E-state index contributed by atoms with van der Waals surface area (Å²) < 4.78 is 1.78. The van der Waals surface area contributed by atoms with Crippen molar-refractivity contribution in [3.05, 3.63) is 96.2 Å². The van der Waals surface area contributed by atoms with Crippen molar-refractivity contribution in [2.75, 3.05) is 0 Å². The van der Waals surface area contributed by atoms with Gasteiger partial charge in [-0.1, -0.05) is 78.9 Å². The molecule has 0 unspecified atom stereocenters. The first kappa shape index (κ1) is 15.0. The first-order valence-corrected chi connectivity index (χ1v) is 8.01. The summed E-state index contributed by atoms with van der Waals surface area (Å²) in [5.74, 6) is 0.193. The third kappa shape index (κ3) is 2.54. The number of aromatic nitrogens is 2. The molecule has 0 aliphatic rings. The van der Waals surface area contributed by atoms with Gasteiger partial charge in [-0.15, -0.1) is 0 Å². The number of nitrogens with zero attached hydrogens (tertiary/aromatic N) is 2. The van der Waals surface area contributed by atoms with E-state index < -0.39 is 0 Å². The number of hydrogen-bond donors (Lipinski definition) is 1. The van der Waals surface area contributed by atoms with E-state index in [2.05, 4.69) is 0 Å². The Morgan fingerprint density at radius 1 is 0.640 bits per heavy atom. The number of imidazole rings is 1. The lowest BCUT2D eigenvalue weighted by molar-refractivity contribution is -0.582. The molecule has 0 aliphatic heterocycles. The molecule has 122 valence electrons. The maximum absolute atomic E-state index is 13.1. The summed E-state index contributed by atoms with van der Waals surface area (Å²) >= 11 is 0. The summed E-state index contributed by atoms with van der Waals surface area (Å²) in [5, 5.41) is 24.0. The van der Waals surface area contributed by atoms with Crippen LogP contribution < -0.4 is 4.73 Å². The zero-order valence-electron chi connectivity index (χ0n) is 13.4. The maximum atomic E-state index is 13.1. The van der Waals surface area contributed by atoms with Crippen molar-refractivity contribution >= 4 is 0 Å². The van der Waals surface area contributed by atoms with Crippen molar-refractivity contribution in [1.29, 1.82) is 0 Å². The molecular formula is C21H16N2O2. The van der Waals surface area contributed by atoms with Crippen molar-refractivity contribution in [3.63, 3.8) is 0 Å². The SMILES string of the molecule is [O-][n+]1c(-c2ccccc2)c(-c2ccccc2)n(O)c1-c1ccccc1. The van der Waals surface area contributed by atoms with Gasteiger partial charge in [-0.25, -0.2) is 4.73 Å². The molecule has 0 radical (unpaired) electrons. The van der Waals surface area contributed by atoms with E-state index in [0.717, 1.165) is 20.6 Å².